The van der Waals surface area contributed by atoms with Crippen molar-refractivity contribution in [2.24, 2.45) is 0 Å². The average molecular weight is 378 g/mol. The van der Waals surface area contributed by atoms with Crippen LogP contribution in [0.15, 0.2) is 34.8 Å². The lowest BCUT2D eigenvalue weighted by atomic mass is 10.1. The molecule has 0 bridgehead atoms. The molecule has 0 spiro atoms. The molecular weight excluding hydrogens is 370 g/mol. The first-order valence-electron chi connectivity index (χ1n) is 5.69. The number of benzene rings is 2. The highest BCUT2D eigenvalue weighted by atomic mass is 79.9. The molecule has 2 rings (SSSR count). The zero-order chi connectivity index (χ0) is 15.6. The molecule has 0 aliphatic carbocycles. The molecule has 0 aliphatic heterocycles. The predicted molar refractivity (Wildman–Crippen MR) is 79.5 cm³/mol. The number of halogens is 4. The van der Waals surface area contributed by atoms with Crippen LogP contribution < -0.4 is 5.32 Å². The maximum Gasteiger partial charge on any atom is 0.305 e. The van der Waals surface area contributed by atoms with Gasteiger partial charge in [0.25, 0.3) is 0 Å². The van der Waals surface area contributed by atoms with E-state index in [9.17, 15) is 18.9 Å². The van der Waals surface area contributed by atoms with Gasteiger partial charge in [0, 0.05) is 33.7 Å². The maximum atomic E-state index is 13.6. The van der Waals surface area contributed by atoms with Gasteiger partial charge < -0.3 is 5.32 Å². The maximum absolute atomic E-state index is 13.6. The van der Waals surface area contributed by atoms with E-state index in [1.807, 2.05) is 0 Å². The number of nitrogens with one attached hydrogen (secondary N) is 1. The normalized spacial score (nSPS) is 10.5. The Labute approximate surface area is 132 Å². The third-order valence-corrected chi connectivity index (χ3v) is 3.64. The first-order valence-corrected chi connectivity index (χ1v) is 6.87. The molecule has 110 valence electrons. The van der Waals surface area contributed by atoms with Crippen molar-refractivity contribution in [3.8, 4) is 0 Å². The number of rotatable bonds is 4. The highest BCUT2D eigenvalue weighted by Gasteiger charge is 2.18. The van der Waals surface area contributed by atoms with Crippen LogP contribution in [0.2, 0.25) is 5.02 Å². The van der Waals surface area contributed by atoms with E-state index in [-0.39, 0.29) is 12.1 Å². The first kappa shape index (κ1) is 15.7. The quantitative estimate of drug-likeness (QED) is 0.609. The average Bonchev–Trinajstić information content (AvgIpc) is 2.41. The summed E-state index contributed by atoms with van der Waals surface area (Å²) >= 11 is 9.13. The van der Waals surface area contributed by atoms with E-state index < -0.39 is 22.2 Å². The van der Waals surface area contributed by atoms with Crippen molar-refractivity contribution in [3.05, 3.63) is 67.1 Å². The summed E-state index contributed by atoms with van der Waals surface area (Å²) in [7, 11) is 0. The zero-order valence-electron chi connectivity index (χ0n) is 10.4. The minimum absolute atomic E-state index is 0.0185. The summed E-state index contributed by atoms with van der Waals surface area (Å²) in [4.78, 5) is 9.76. The Morgan fingerprint density at radius 2 is 1.95 bits per heavy atom. The molecule has 1 N–H and O–H groups in total. The van der Waals surface area contributed by atoms with Crippen LogP contribution in [0.25, 0.3) is 0 Å². The van der Waals surface area contributed by atoms with E-state index in [0.717, 1.165) is 6.07 Å². The Hall–Kier alpha value is -1.73. The molecule has 21 heavy (non-hydrogen) atoms. The third-order valence-electron chi connectivity index (χ3n) is 2.71. The molecule has 0 fully saturated rings. The van der Waals surface area contributed by atoms with E-state index in [1.54, 1.807) is 18.2 Å². The van der Waals surface area contributed by atoms with Gasteiger partial charge in [-0.1, -0.05) is 11.6 Å². The Kier molecular flexibility index (Phi) is 4.74. The van der Waals surface area contributed by atoms with E-state index >= 15 is 0 Å². The largest absolute Gasteiger partial charge is 0.380 e. The Morgan fingerprint density at radius 3 is 2.62 bits per heavy atom. The monoisotopic (exact) mass is 376 g/mol. The number of nitro groups is 1. The Bertz CT molecular complexity index is 713. The summed E-state index contributed by atoms with van der Waals surface area (Å²) in [6.45, 7) is -0.0497. The molecule has 8 heteroatoms. The molecule has 0 saturated heterocycles. The standard InChI is InChI=1S/C13H8BrClF2N2O2/c14-9-2-1-8(15)4-12(9)18-6-7-3-13(19(20)21)11(17)5-10(7)16/h1-5,18H,6H2. The van der Waals surface area contributed by atoms with Crippen LogP contribution in [0.3, 0.4) is 0 Å². The summed E-state index contributed by atoms with van der Waals surface area (Å²) in [5.41, 5.74) is -0.192. The van der Waals surface area contributed by atoms with Crippen LogP contribution in [0.4, 0.5) is 20.2 Å². The molecule has 0 aliphatic rings. The second-order valence-corrected chi connectivity index (χ2v) is 5.42. The highest BCUT2D eigenvalue weighted by Crippen LogP contribution is 2.27. The second kappa shape index (κ2) is 6.36. The van der Waals surface area contributed by atoms with Crippen molar-refractivity contribution in [1.82, 2.24) is 0 Å². The minimum Gasteiger partial charge on any atom is -0.380 e. The molecule has 0 amide bonds. The predicted octanol–water partition coefficient (Wildman–Crippen LogP) is 4.90. The molecule has 0 unspecified atom stereocenters. The molecule has 0 atom stereocenters. The molecule has 0 radical (unpaired) electrons. The second-order valence-electron chi connectivity index (χ2n) is 4.13. The molecule has 2 aromatic rings. The lowest BCUT2D eigenvalue weighted by molar-refractivity contribution is -0.387. The summed E-state index contributed by atoms with van der Waals surface area (Å²) in [5, 5.41) is 14.0. The van der Waals surface area contributed by atoms with Gasteiger partial charge in [0.15, 0.2) is 0 Å². The van der Waals surface area contributed by atoms with Gasteiger partial charge in [0.05, 0.1) is 10.6 Å². The van der Waals surface area contributed by atoms with Crippen LogP contribution in [-0.4, -0.2) is 4.92 Å². The van der Waals surface area contributed by atoms with E-state index in [4.69, 9.17) is 11.6 Å². The fraction of sp³-hybridized carbons (Fsp3) is 0.0769. The SMILES string of the molecule is O=[N+]([O-])c1cc(CNc2cc(Cl)ccc2Br)c(F)cc1F. The van der Waals surface area contributed by atoms with Gasteiger partial charge in [-0.3, -0.25) is 10.1 Å². The van der Waals surface area contributed by atoms with Crippen molar-refractivity contribution < 1.29 is 13.7 Å². The molecule has 4 nitrogen and oxygen atoms in total. The van der Waals surface area contributed by atoms with Crippen molar-refractivity contribution in [3.63, 3.8) is 0 Å². The Morgan fingerprint density at radius 1 is 1.24 bits per heavy atom. The number of hydrogen-bond acceptors (Lipinski definition) is 3. The van der Waals surface area contributed by atoms with Crippen molar-refractivity contribution in [1.29, 1.82) is 0 Å². The summed E-state index contributed by atoms with van der Waals surface area (Å²) in [6, 6.07) is 6.36. The number of nitro benzene ring substituents is 1. The topological polar surface area (TPSA) is 55.2 Å². The number of anilines is 1. The van der Waals surface area contributed by atoms with Crippen molar-refractivity contribution in [2.45, 2.75) is 6.54 Å². The lowest BCUT2D eigenvalue weighted by Crippen LogP contribution is -2.05. The molecule has 0 saturated carbocycles. The van der Waals surface area contributed by atoms with Crippen LogP contribution in [0.1, 0.15) is 5.56 Å². The summed E-state index contributed by atoms with van der Waals surface area (Å²) in [6.07, 6.45) is 0. The van der Waals surface area contributed by atoms with Crippen LogP contribution in [0.5, 0.6) is 0 Å². The van der Waals surface area contributed by atoms with Gasteiger partial charge in [0.2, 0.25) is 5.82 Å². The minimum atomic E-state index is -1.20. The zero-order valence-corrected chi connectivity index (χ0v) is 12.7. The Balaban J connectivity index is 2.25. The molecular formula is C13H8BrClF2N2O2. The number of hydrogen-bond donors (Lipinski definition) is 1. The van der Waals surface area contributed by atoms with Gasteiger partial charge in [-0.05, 0) is 34.1 Å². The molecule has 2 aromatic carbocycles. The van der Waals surface area contributed by atoms with E-state index in [2.05, 4.69) is 21.2 Å². The smallest absolute Gasteiger partial charge is 0.305 e. The van der Waals surface area contributed by atoms with Gasteiger partial charge >= 0.3 is 5.69 Å². The van der Waals surface area contributed by atoms with Gasteiger partial charge in [-0.25, -0.2) is 4.39 Å². The van der Waals surface area contributed by atoms with Gasteiger partial charge in [0.1, 0.15) is 5.82 Å². The van der Waals surface area contributed by atoms with Crippen molar-refractivity contribution in [2.75, 3.05) is 5.32 Å². The fourth-order valence-electron chi connectivity index (χ4n) is 1.68. The van der Waals surface area contributed by atoms with Gasteiger partial charge in [-0.2, -0.15) is 4.39 Å². The lowest BCUT2D eigenvalue weighted by Gasteiger charge is -2.10. The van der Waals surface area contributed by atoms with Gasteiger partial charge in [-0.15, -0.1) is 0 Å². The molecule has 0 heterocycles. The van der Waals surface area contributed by atoms with E-state index in [0.29, 0.717) is 21.2 Å². The van der Waals surface area contributed by atoms with Crippen LogP contribution in [-0.2, 0) is 6.54 Å². The first-order chi connectivity index (χ1) is 9.88. The molecule has 0 aromatic heterocycles. The van der Waals surface area contributed by atoms with E-state index in [1.165, 1.54) is 0 Å². The summed E-state index contributed by atoms with van der Waals surface area (Å²) < 4.78 is 27.6. The van der Waals surface area contributed by atoms with Crippen molar-refractivity contribution >= 4 is 38.9 Å². The fourth-order valence-corrected chi connectivity index (χ4v) is 2.24. The third kappa shape index (κ3) is 3.68. The highest BCUT2D eigenvalue weighted by molar-refractivity contribution is 9.10. The number of nitrogens with zero attached hydrogens (tertiary/aromatic N) is 1. The van der Waals surface area contributed by atoms with Crippen LogP contribution in [0, 0.1) is 21.7 Å². The van der Waals surface area contributed by atoms with Crippen LogP contribution >= 0.6 is 27.5 Å². The summed E-state index contributed by atoms with van der Waals surface area (Å²) in [5.74, 6) is -2.06.